The molecule has 2 unspecified atom stereocenters. The van der Waals surface area contributed by atoms with E-state index in [0.717, 1.165) is 25.2 Å². The van der Waals surface area contributed by atoms with Crippen molar-refractivity contribution in [2.45, 2.75) is 39.4 Å². The molecule has 106 valence electrons. The van der Waals surface area contributed by atoms with E-state index in [1.165, 1.54) is 6.07 Å². The van der Waals surface area contributed by atoms with Crippen molar-refractivity contribution < 1.29 is 4.39 Å². The molecule has 0 bridgehead atoms. The predicted octanol–water partition coefficient (Wildman–Crippen LogP) is 3.41. The van der Waals surface area contributed by atoms with E-state index >= 15 is 0 Å². The number of rotatable bonds is 3. The Bertz CT molecular complexity index is 436. The second-order valence-corrected chi connectivity index (χ2v) is 6.65. The zero-order valence-corrected chi connectivity index (χ0v) is 13.4. The minimum Gasteiger partial charge on any atom is -0.311 e. The van der Waals surface area contributed by atoms with Gasteiger partial charge in [-0.1, -0.05) is 19.9 Å². The third-order valence-electron chi connectivity index (χ3n) is 3.79. The molecule has 2 rings (SSSR count). The molecule has 0 saturated carbocycles. The molecule has 1 N–H and O–H groups in total. The van der Waals surface area contributed by atoms with Crippen LogP contribution in [0.15, 0.2) is 22.7 Å². The molecule has 1 aromatic rings. The molecule has 0 aliphatic carbocycles. The Morgan fingerprint density at radius 2 is 2.21 bits per heavy atom. The Balaban J connectivity index is 2.11. The number of hydrogen-bond acceptors (Lipinski definition) is 2. The van der Waals surface area contributed by atoms with Gasteiger partial charge in [0.25, 0.3) is 0 Å². The van der Waals surface area contributed by atoms with E-state index in [2.05, 4.69) is 46.9 Å². The van der Waals surface area contributed by atoms with Gasteiger partial charge < -0.3 is 5.32 Å². The van der Waals surface area contributed by atoms with Crippen LogP contribution in [-0.4, -0.2) is 30.1 Å². The number of nitrogens with zero attached hydrogens (tertiary/aromatic N) is 1. The average Bonchev–Trinajstić information content (AvgIpc) is 2.33. The van der Waals surface area contributed by atoms with Crippen LogP contribution in [0.25, 0.3) is 0 Å². The van der Waals surface area contributed by atoms with Gasteiger partial charge in [-0.05, 0) is 46.5 Å². The molecular formula is C15H22BrFN2. The zero-order valence-electron chi connectivity index (χ0n) is 11.8. The molecule has 0 aromatic heterocycles. The Hall–Kier alpha value is -0.450. The summed E-state index contributed by atoms with van der Waals surface area (Å²) >= 11 is 3.26. The molecule has 1 aliphatic heterocycles. The predicted molar refractivity (Wildman–Crippen MR) is 80.6 cm³/mol. The Morgan fingerprint density at radius 3 is 2.84 bits per heavy atom. The highest BCUT2D eigenvalue weighted by molar-refractivity contribution is 9.10. The first-order valence-corrected chi connectivity index (χ1v) is 7.68. The fraction of sp³-hybridized carbons (Fsp3) is 0.600. The number of nitrogens with one attached hydrogen (secondary N) is 1. The van der Waals surface area contributed by atoms with Crippen molar-refractivity contribution in [3.8, 4) is 0 Å². The van der Waals surface area contributed by atoms with Crippen LogP contribution in [0.5, 0.6) is 0 Å². The Labute approximate surface area is 123 Å². The third kappa shape index (κ3) is 3.77. The van der Waals surface area contributed by atoms with Crippen molar-refractivity contribution in [2.24, 2.45) is 5.92 Å². The van der Waals surface area contributed by atoms with Crippen LogP contribution in [0.3, 0.4) is 0 Å². The van der Waals surface area contributed by atoms with E-state index in [1.807, 2.05) is 12.1 Å². The SMILES string of the molecule is CC1CN(Cc2ccc(F)c(Br)c2)C(C(C)C)CN1. The first-order valence-electron chi connectivity index (χ1n) is 6.88. The van der Waals surface area contributed by atoms with E-state index in [0.29, 0.717) is 22.5 Å². The summed E-state index contributed by atoms with van der Waals surface area (Å²) in [5.41, 5.74) is 1.16. The molecule has 1 aliphatic rings. The Morgan fingerprint density at radius 1 is 1.47 bits per heavy atom. The molecule has 1 heterocycles. The number of halogens is 2. The van der Waals surface area contributed by atoms with Crippen LogP contribution < -0.4 is 5.32 Å². The maximum absolute atomic E-state index is 13.3. The smallest absolute Gasteiger partial charge is 0.137 e. The standard InChI is InChI=1S/C15H22BrFN2/c1-10(2)15-7-18-11(3)8-19(15)9-12-4-5-14(17)13(16)6-12/h4-6,10-11,15,18H,7-9H2,1-3H3. The van der Waals surface area contributed by atoms with E-state index in [-0.39, 0.29) is 5.82 Å². The van der Waals surface area contributed by atoms with Gasteiger partial charge in [0.05, 0.1) is 4.47 Å². The van der Waals surface area contributed by atoms with E-state index in [1.54, 1.807) is 0 Å². The van der Waals surface area contributed by atoms with E-state index < -0.39 is 0 Å². The summed E-state index contributed by atoms with van der Waals surface area (Å²) < 4.78 is 13.8. The fourth-order valence-corrected chi connectivity index (χ4v) is 3.14. The molecule has 2 nitrogen and oxygen atoms in total. The van der Waals surface area contributed by atoms with Gasteiger partial charge >= 0.3 is 0 Å². The summed E-state index contributed by atoms with van der Waals surface area (Å²) in [7, 11) is 0. The molecule has 1 fully saturated rings. The van der Waals surface area contributed by atoms with Crippen LogP contribution in [0.4, 0.5) is 4.39 Å². The first-order chi connectivity index (χ1) is 8.97. The van der Waals surface area contributed by atoms with Gasteiger partial charge in [-0.25, -0.2) is 4.39 Å². The topological polar surface area (TPSA) is 15.3 Å². The normalized spacial score (nSPS) is 24.9. The van der Waals surface area contributed by atoms with Crippen LogP contribution in [0.1, 0.15) is 26.3 Å². The van der Waals surface area contributed by atoms with Crippen molar-refractivity contribution in [1.29, 1.82) is 0 Å². The maximum Gasteiger partial charge on any atom is 0.137 e. The van der Waals surface area contributed by atoms with Gasteiger partial charge in [-0.2, -0.15) is 0 Å². The minimum atomic E-state index is -0.196. The van der Waals surface area contributed by atoms with Crippen LogP contribution in [-0.2, 0) is 6.54 Å². The Kier molecular flexibility index (Phi) is 4.98. The largest absolute Gasteiger partial charge is 0.311 e. The average molecular weight is 329 g/mol. The van der Waals surface area contributed by atoms with Crippen molar-refractivity contribution in [3.05, 3.63) is 34.1 Å². The lowest BCUT2D eigenvalue weighted by Crippen LogP contribution is -2.56. The summed E-state index contributed by atoms with van der Waals surface area (Å²) in [4.78, 5) is 2.51. The van der Waals surface area contributed by atoms with Crippen molar-refractivity contribution in [1.82, 2.24) is 10.2 Å². The molecule has 2 atom stereocenters. The molecule has 19 heavy (non-hydrogen) atoms. The number of benzene rings is 1. The second-order valence-electron chi connectivity index (χ2n) is 5.80. The van der Waals surface area contributed by atoms with Gasteiger partial charge in [0.15, 0.2) is 0 Å². The quantitative estimate of drug-likeness (QED) is 0.914. The van der Waals surface area contributed by atoms with Crippen LogP contribution >= 0.6 is 15.9 Å². The van der Waals surface area contributed by atoms with Gasteiger partial charge in [-0.15, -0.1) is 0 Å². The summed E-state index contributed by atoms with van der Waals surface area (Å²) in [6.45, 7) is 9.68. The van der Waals surface area contributed by atoms with Gasteiger partial charge in [0.2, 0.25) is 0 Å². The monoisotopic (exact) mass is 328 g/mol. The molecule has 1 saturated heterocycles. The third-order valence-corrected chi connectivity index (χ3v) is 4.40. The highest BCUT2D eigenvalue weighted by atomic mass is 79.9. The summed E-state index contributed by atoms with van der Waals surface area (Å²) in [6, 6.07) is 6.36. The van der Waals surface area contributed by atoms with Gasteiger partial charge in [-0.3, -0.25) is 4.90 Å². The summed E-state index contributed by atoms with van der Waals surface area (Å²) in [6.07, 6.45) is 0. The van der Waals surface area contributed by atoms with E-state index in [9.17, 15) is 4.39 Å². The first kappa shape index (κ1) is 14.9. The van der Waals surface area contributed by atoms with Crippen molar-refractivity contribution in [3.63, 3.8) is 0 Å². The molecule has 0 radical (unpaired) electrons. The maximum atomic E-state index is 13.3. The highest BCUT2D eigenvalue weighted by Gasteiger charge is 2.27. The minimum absolute atomic E-state index is 0.196. The van der Waals surface area contributed by atoms with Gasteiger partial charge in [0.1, 0.15) is 5.82 Å². The summed E-state index contributed by atoms with van der Waals surface area (Å²) in [5.74, 6) is 0.418. The molecule has 1 aromatic carbocycles. The van der Waals surface area contributed by atoms with Crippen molar-refractivity contribution in [2.75, 3.05) is 13.1 Å². The molecule has 0 spiro atoms. The van der Waals surface area contributed by atoms with E-state index in [4.69, 9.17) is 0 Å². The lowest BCUT2D eigenvalue weighted by atomic mass is 9.98. The molecule has 0 amide bonds. The number of hydrogen-bond donors (Lipinski definition) is 1. The lowest BCUT2D eigenvalue weighted by molar-refractivity contribution is 0.0955. The fourth-order valence-electron chi connectivity index (χ4n) is 2.71. The van der Waals surface area contributed by atoms with Crippen LogP contribution in [0.2, 0.25) is 0 Å². The zero-order chi connectivity index (χ0) is 14.0. The van der Waals surface area contributed by atoms with Crippen LogP contribution in [0, 0.1) is 11.7 Å². The van der Waals surface area contributed by atoms with Gasteiger partial charge in [0, 0.05) is 31.7 Å². The molecular weight excluding hydrogens is 307 g/mol. The second kappa shape index (κ2) is 6.33. The van der Waals surface area contributed by atoms with Crippen molar-refractivity contribution >= 4 is 15.9 Å². The lowest BCUT2D eigenvalue weighted by Gasteiger charge is -2.41. The summed E-state index contributed by atoms with van der Waals surface area (Å²) in [5, 5.41) is 3.54. The number of piperazine rings is 1. The highest BCUT2D eigenvalue weighted by Crippen LogP contribution is 2.21. The molecule has 4 heteroatoms.